The van der Waals surface area contributed by atoms with Crippen molar-refractivity contribution in [3.05, 3.63) is 47.5 Å². The van der Waals surface area contributed by atoms with Crippen LogP contribution >= 0.6 is 0 Å². The van der Waals surface area contributed by atoms with Crippen molar-refractivity contribution < 1.29 is 30.8 Å². The second-order valence-corrected chi connectivity index (χ2v) is 8.39. The average Bonchev–Trinajstić information content (AvgIpc) is 3.03. The summed E-state index contributed by atoms with van der Waals surface area (Å²) in [6, 6.07) is 5.89. The number of carbonyl (C=O) groups is 1. The van der Waals surface area contributed by atoms with Gasteiger partial charge in [0.2, 0.25) is 0 Å². The van der Waals surface area contributed by atoms with E-state index >= 15 is 0 Å². The van der Waals surface area contributed by atoms with Crippen molar-refractivity contribution >= 4 is 21.4 Å². The number of nitriles is 1. The molecule has 1 aromatic carbocycles. The molecule has 29 heavy (non-hydrogen) atoms. The fourth-order valence-corrected chi connectivity index (χ4v) is 4.38. The van der Waals surface area contributed by atoms with Gasteiger partial charge in [0.1, 0.15) is 17.6 Å². The van der Waals surface area contributed by atoms with Gasteiger partial charge in [-0.3, -0.25) is 4.79 Å². The predicted octanol–water partition coefficient (Wildman–Crippen LogP) is 3.65. The highest BCUT2D eigenvalue weighted by Crippen LogP contribution is 2.31. The first-order valence-corrected chi connectivity index (χ1v) is 10.0. The number of anilines is 1. The minimum atomic E-state index is -4.65. The standard InChI is InChI=1S/C18H17F4N3O3S/c1-3-12(18(20,21)22)10-29(27,28)14-7-16(25(2)9-14)17(26)24-13-4-5-15(19)11(6-13)8-23/h4-7,9,12H,3,10H2,1-2H3,(H,24,26)/t12-/m1/s1. The molecule has 0 aliphatic carbocycles. The number of amides is 1. The van der Waals surface area contributed by atoms with Gasteiger partial charge in [0.25, 0.3) is 5.91 Å². The number of nitrogens with one attached hydrogen (secondary N) is 1. The summed E-state index contributed by atoms with van der Waals surface area (Å²) in [6.45, 7) is 1.25. The van der Waals surface area contributed by atoms with Crippen LogP contribution in [0.1, 0.15) is 29.4 Å². The van der Waals surface area contributed by atoms with Gasteiger partial charge < -0.3 is 9.88 Å². The topological polar surface area (TPSA) is 92.0 Å². The fourth-order valence-electron chi connectivity index (χ4n) is 2.62. The van der Waals surface area contributed by atoms with Crippen molar-refractivity contribution in [2.45, 2.75) is 24.4 Å². The van der Waals surface area contributed by atoms with Crippen LogP contribution in [0.2, 0.25) is 0 Å². The summed E-state index contributed by atoms with van der Waals surface area (Å²) in [5.41, 5.74) is -0.330. The number of benzene rings is 1. The van der Waals surface area contributed by atoms with Gasteiger partial charge in [-0.15, -0.1) is 0 Å². The number of aromatic nitrogens is 1. The van der Waals surface area contributed by atoms with Gasteiger partial charge in [-0.25, -0.2) is 12.8 Å². The Morgan fingerprint density at radius 3 is 2.52 bits per heavy atom. The van der Waals surface area contributed by atoms with E-state index in [1.807, 2.05) is 0 Å². The number of rotatable bonds is 6. The minimum Gasteiger partial charge on any atom is -0.345 e. The minimum absolute atomic E-state index is 0.0988. The molecule has 0 saturated heterocycles. The summed E-state index contributed by atoms with van der Waals surface area (Å²) in [5.74, 6) is -4.68. The van der Waals surface area contributed by atoms with Crippen molar-refractivity contribution in [1.29, 1.82) is 5.26 Å². The van der Waals surface area contributed by atoms with E-state index in [4.69, 9.17) is 5.26 Å². The molecule has 0 radical (unpaired) electrons. The monoisotopic (exact) mass is 431 g/mol. The van der Waals surface area contributed by atoms with E-state index in [0.29, 0.717) is 0 Å². The number of alkyl halides is 3. The Morgan fingerprint density at radius 1 is 1.31 bits per heavy atom. The first-order valence-electron chi connectivity index (χ1n) is 8.36. The normalized spacial score (nSPS) is 13.0. The third-order valence-corrected chi connectivity index (χ3v) is 6.08. The summed E-state index contributed by atoms with van der Waals surface area (Å²) in [7, 11) is -2.93. The van der Waals surface area contributed by atoms with Gasteiger partial charge in [-0.1, -0.05) is 6.92 Å². The van der Waals surface area contributed by atoms with Crippen molar-refractivity contribution in [2.24, 2.45) is 13.0 Å². The van der Waals surface area contributed by atoms with E-state index in [-0.39, 0.29) is 16.9 Å². The van der Waals surface area contributed by atoms with Gasteiger partial charge in [-0.2, -0.15) is 18.4 Å². The molecule has 1 heterocycles. The molecular weight excluding hydrogens is 414 g/mol. The van der Waals surface area contributed by atoms with E-state index < -0.39 is 50.7 Å². The Hall–Kier alpha value is -2.87. The summed E-state index contributed by atoms with van der Waals surface area (Å²) in [4.78, 5) is 12.0. The second-order valence-electron chi connectivity index (χ2n) is 6.36. The molecule has 1 amide bonds. The third-order valence-electron chi connectivity index (χ3n) is 4.29. The molecule has 2 aromatic rings. The van der Waals surface area contributed by atoms with Crippen LogP contribution in [-0.2, 0) is 16.9 Å². The van der Waals surface area contributed by atoms with Crippen molar-refractivity contribution in [1.82, 2.24) is 4.57 Å². The lowest BCUT2D eigenvalue weighted by Crippen LogP contribution is -2.29. The lowest BCUT2D eigenvalue weighted by atomic mass is 10.1. The van der Waals surface area contributed by atoms with Crippen molar-refractivity contribution in [3.63, 3.8) is 0 Å². The Kier molecular flexibility index (Phi) is 6.37. The van der Waals surface area contributed by atoms with Crippen LogP contribution in [0.25, 0.3) is 0 Å². The number of nitrogens with zero attached hydrogens (tertiary/aromatic N) is 2. The Bertz CT molecular complexity index is 1070. The van der Waals surface area contributed by atoms with Gasteiger partial charge >= 0.3 is 6.18 Å². The van der Waals surface area contributed by atoms with Crippen LogP contribution in [-0.4, -0.2) is 30.8 Å². The number of sulfone groups is 1. The predicted molar refractivity (Wildman–Crippen MR) is 96.4 cm³/mol. The number of aryl methyl sites for hydroxylation is 1. The maximum atomic E-state index is 13.4. The molecule has 1 aromatic heterocycles. The molecule has 0 spiro atoms. The van der Waals surface area contributed by atoms with Crippen LogP contribution in [0.4, 0.5) is 23.2 Å². The summed E-state index contributed by atoms with van der Waals surface area (Å²) in [6.07, 6.45) is -3.99. The summed E-state index contributed by atoms with van der Waals surface area (Å²) < 4.78 is 78.1. The van der Waals surface area contributed by atoms with Gasteiger partial charge in [0.05, 0.1) is 22.1 Å². The lowest BCUT2D eigenvalue weighted by Gasteiger charge is -2.17. The quantitative estimate of drug-likeness (QED) is 0.707. The molecule has 2 rings (SSSR count). The first-order chi connectivity index (χ1) is 13.4. The smallest absolute Gasteiger partial charge is 0.345 e. The molecule has 0 saturated carbocycles. The molecule has 11 heteroatoms. The van der Waals surface area contributed by atoms with E-state index in [9.17, 15) is 30.8 Å². The highest BCUT2D eigenvalue weighted by atomic mass is 32.2. The highest BCUT2D eigenvalue weighted by Gasteiger charge is 2.41. The molecule has 0 bridgehead atoms. The highest BCUT2D eigenvalue weighted by molar-refractivity contribution is 7.91. The number of hydrogen-bond donors (Lipinski definition) is 1. The number of hydrogen-bond acceptors (Lipinski definition) is 4. The zero-order valence-corrected chi connectivity index (χ0v) is 16.2. The molecule has 0 fully saturated rings. The van der Waals surface area contributed by atoms with Crippen LogP contribution < -0.4 is 5.32 Å². The molecule has 0 unspecified atom stereocenters. The van der Waals surface area contributed by atoms with Crippen molar-refractivity contribution in [2.75, 3.05) is 11.1 Å². The van der Waals surface area contributed by atoms with Crippen LogP contribution in [0.15, 0.2) is 35.4 Å². The third kappa shape index (κ3) is 5.14. The Morgan fingerprint density at radius 2 is 1.97 bits per heavy atom. The van der Waals surface area contributed by atoms with E-state index in [1.165, 1.54) is 20.0 Å². The zero-order chi connectivity index (χ0) is 22.0. The van der Waals surface area contributed by atoms with Crippen molar-refractivity contribution in [3.8, 4) is 6.07 Å². The summed E-state index contributed by atoms with van der Waals surface area (Å²) >= 11 is 0. The molecule has 6 nitrogen and oxygen atoms in total. The lowest BCUT2D eigenvalue weighted by molar-refractivity contribution is -0.168. The van der Waals surface area contributed by atoms with Crippen LogP contribution in [0, 0.1) is 23.1 Å². The van der Waals surface area contributed by atoms with Crippen LogP contribution in [0.3, 0.4) is 0 Å². The largest absolute Gasteiger partial charge is 0.392 e. The van der Waals surface area contributed by atoms with Crippen LogP contribution in [0.5, 0.6) is 0 Å². The van der Waals surface area contributed by atoms with E-state index in [2.05, 4.69) is 5.32 Å². The maximum Gasteiger partial charge on any atom is 0.392 e. The Labute approximate surface area is 164 Å². The van der Waals surface area contributed by atoms with E-state index in [0.717, 1.165) is 29.0 Å². The van der Waals surface area contributed by atoms with Gasteiger partial charge in [0.15, 0.2) is 9.84 Å². The first kappa shape index (κ1) is 22.4. The fraction of sp³-hybridized carbons (Fsp3) is 0.333. The SMILES string of the molecule is CC[C@H](CS(=O)(=O)c1cc(C(=O)Nc2ccc(F)c(C#N)c2)n(C)c1)C(F)(F)F. The molecular formula is C18H17F4N3O3S. The van der Waals surface area contributed by atoms with Gasteiger partial charge in [0, 0.05) is 18.9 Å². The van der Waals surface area contributed by atoms with Gasteiger partial charge in [-0.05, 0) is 30.7 Å². The second kappa shape index (κ2) is 8.24. The molecule has 156 valence electrons. The maximum absolute atomic E-state index is 13.4. The average molecular weight is 431 g/mol. The molecule has 1 atom stereocenters. The molecule has 1 N–H and O–H groups in total. The molecule has 0 aliphatic rings. The van der Waals surface area contributed by atoms with E-state index in [1.54, 1.807) is 6.07 Å². The number of carbonyl (C=O) groups excluding carboxylic acids is 1. The molecule has 0 aliphatic heterocycles. The number of halogens is 4. The Balaban J connectivity index is 2.27. The summed E-state index contributed by atoms with van der Waals surface area (Å²) in [5, 5.41) is 11.2. The zero-order valence-electron chi connectivity index (χ0n) is 15.4.